The van der Waals surface area contributed by atoms with Crippen LogP contribution in [0.25, 0.3) is 0 Å². The highest BCUT2D eigenvalue weighted by Gasteiger charge is 2.54. The van der Waals surface area contributed by atoms with Crippen molar-refractivity contribution < 1.29 is 14.0 Å². The van der Waals surface area contributed by atoms with Crippen molar-refractivity contribution in [3.05, 3.63) is 59.2 Å². The standard InChI is InChI=1S/C38H53NO3Si/c1-9-30-14-13-15-32(27-30)39(34(40)38(18-11-10-12-19-38)42-43(7,8)35(3,4)5)28-36-20-23-37(24-21-36,25-22-36)31-16-17-33(41-6)29(2)26-31/h1,13-17,26-27H,10-12,18-25,28H2,2-8H3. The van der Waals surface area contributed by atoms with E-state index in [0.717, 1.165) is 87.8 Å². The van der Waals surface area contributed by atoms with Crippen molar-refractivity contribution in [2.75, 3.05) is 18.6 Å². The number of hydrogen-bond donors (Lipinski definition) is 0. The van der Waals surface area contributed by atoms with Gasteiger partial charge in [0.15, 0.2) is 8.32 Å². The smallest absolute Gasteiger partial charge is 0.258 e. The van der Waals surface area contributed by atoms with Gasteiger partial charge in [0.25, 0.3) is 5.91 Å². The lowest BCUT2D eigenvalue weighted by molar-refractivity contribution is -0.139. The average Bonchev–Trinajstić information content (AvgIpc) is 3.00. The Hall–Kier alpha value is -2.55. The second-order valence-electron chi connectivity index (χ2n) is 15.5. The molecule has 4 aliphatic rings. The van der Waals surface area contributed by atoms with E-state index in [1.165, 1.54) is 17.5 Å². The fourth-order valence-corrected chi connectivity index (χ4v) is 9.47. The zero-order valence-corrected chi connectivity index (χ0v) is 28.8. The summed E-state index contributed by atoms with van der Waals surface area (Å²) < 4.78 is 12.8. The summed E-state index contributed by atoms with van der Waals surface area (Å²) in [5.74, 6) is 3.93. The van der Waals surface area contributed by atoms with Gasteiger partial charge >= 0.3 is 0 Å². The van der Waals surface area contributed by atoms with E-state index in [2.05, 4.69) is 75.9 Å². The third-order valence-corrected chi connectivity index (χ3v) is 16.3. The molecule has 1 amide bonds. The van der Waals surface area contributed by atoms with Crippen molar-refractivity contribution in [1.29, 1.82) is 0 Å². The van der Waals surface area contributed by atoms with Crippen LogP contribution >= 0.6 is 0 Å². The van der Waals surface area contributed by atoms with Crippen LogP contribution in [0.5, 0.6) is 5.75 Å². The second-order valence-corrected chi connectivity index (χ2v) is 20.2. The lowest BCUT2D eigenvalue weighted by Crippen LogP contribution is -2.60. The molecular weight excluding hydrogens is 547 g/mol. The van der Waals surface area contributed by atoms with Crippen LogP contribution < -0.4 is 9.64 Å². The molecule has 0 unspecified atom stereocenters. The van der Waals surface area contributed by atoms with Gasteiger partial charge in [-0.15, -0.1) is 6.42 Å². The summed E-state index contributed by atoms with van der Waals surface area (Å²) in [7, 11) is -0.464. The van der Waals surface area contributed by atoms with E-state index < -0.39 is 13.9 Å². The van der Waals surface area contributed by atoms with Gasteiger partial charge in [0.2, 0.25) is 0 Å². The Bertz CT molecular complexity index is 1350. The summed E-state index contributed by atoms with van der Waals surface area (Å²) in [5.41, 5.74) is 3.98. The lowest BCUT2D eigenvalue weighted by Gasteiger charge is -2.56. The first-order valence-corrected chi connectivity index (χ1v) is 19.4. The third kappa shape index (κ3) is 6.07. The summed E-state index contributed by atoms with van der Waals surface area (Å²) in [6.07, 6.45) is 17.6. The van der Waals surface area contributed by atoms with Gasteiger partial charge < -0.3 is 14.1 Å². The lowest BCUT2D eigenvalue weighted by atomic mass is 9.51. The molecule has 232 valence electrons. The Kier molecular flexibility index (Phi) is 8.71. The maximum absolute atomic E-state index is 15.1. The van der Waals surface area contributed by atoms with Crippen LogP contribution in [0.4, 0.5) is 5.69 Å². The minimum absolute atomic E-state index is 0.0283. The van der Waals surface area contributed by atoms with Crippen LogP contribution in [0, 0.1) is 24.7 Å². The SMILES string of the molecule is C#Cc1cccc(N(CC23CCC(c4ccc(OC)c(C)c4)(CC2)CC3)C(=O)C2(O[Si](C)(C)C(C)(C)C)CCCCC2)c1. The van der Waals surface area contributed by atoms with E-state index in [1.807, 2.05) is 18.2 Å². The number of aryl methyl sites for hydroxylation is 1. The first-order chi connectivity index (χ1) is 20.3. The number of rotatable bonds is 8. The van der Waals surface area contributed by atoms with E-state index in [0.29, 0.717) is 0 Å². The van der Waals surface area contributed by atoms with Crippen LogP contribution in [-0.2, 0) is 14.6 Å². The number of amides is 1. The zero-order valence-electron chi connectivity index (χ0n) is 27.8. The van der Waals surface area contributed by atoms with E-state index in [9.17, 15) is 0 Å². The Morgan fingerprint density at radius 1 is 0.953 bits per heavy atom. The fraction of sp³-hybridized carbons (Fsp3) is 0.605. The summed E-state index contributed by atoms with van der Waals surface area (Å²) in [5, 5.41) is 0.0283. The molecular formula is C38H53NO3Si. The molecule has 4 saturated carbocycles. The third-order valence-electron chi connectivity index (χ3n) is 11.8. The van der Waals surface area contributed by atoms with Crippen molar-refractivity contribution in [3.63, 3.8) is 0 Å². The summed E-state index contributed by atoms with van der Waals surface area (Å²) >= 11 is 0. The van der Waals surface area contributed by atoms with Crippen molar-refractivity contribution in [3.8, 4) is 18.1 Å². The molecule has 0 radical (unpaired) electrons. The van der Waals surface area contributed by atoms with Gasteiger partial charge in [0.05, 0.1) is 7.11 Å². The summed E-state index contributed by atoms with van der Waals surface area (Å²) in [6, 6.07) is 14.9. The largest absolute Gasteiger partial charge is 0.496 e. The highest BCUT2D eigenvalue weighted by atomic mass is 28.4. The first-order valence-electron chi connectivity index (χ1n) is 16.5. The molecule has 0 saturated heterocycles. The molecule has 0 aromatic heterocycles. The molecule has 0 heterocycles. The number of benzene rings is 2. The summed E-state index contributed by atoms with van der Waals surface area (Å²) in [4.78, 5) is 17.2. The Labute approximate surface area is 262 Å². The predicted octanol–water partition coefficient (Wildman–Crippen LogP) is 9.33. The number of fused-ring (bicyclic) bond motifs is 3. The molecule has 0 aliphatic heterocycles. The molecule has 2 aromatic rings. The highest BCUT2D eigenvalue weighted by Crippen LogP contribution is 2.58. The zero-order chi connectivity index (χ0) is 31.1. The number of carbonyl (C=O) groups is 1. The van der Waals surface area contributed by atoms with Crippen molar-refractivity contribution in [2.24, 2.45) is 5.41 Å². The molecule has 2 bridgehead atoms. The fourth-order valence-electron chi connectivity index (χ4n) is 7.89. The Balaban J connectivity index is 1.47. The Morgan fingerprint density at radius 3 is 2.16 bits per heavy atom. The minimum atomic E-state index is -2.21. The van der Waals surface area contributed by atoms with Gasteiger partial charge in [-0.05, 0) is 123 Å². The summed E-state index contributed by atoms with van der Waals surface area (Å²) in [6.45, 7) is 14.3. The van der Waals surface area contributed by atoms with Crippen LogP contribution in [0.1, 0.15) is 108 Å². The second kappa shape index (κ2) is 11.7. The number of carbonyl (C=O) groups excluding carboxylic acids is 1. The predicted molar refractivity (Wildman–Crippen MR) is 180 cm³/mol. The van der Waals surface area contributed by atoms with Crippen LogP contribution in [0.15, 0.2) is 42.5 Å². The van der Waals surface area contributed by atoms with Crippen molar-refractivity contribution in [1.82, 2.24) is 0 Å². The average molecular weight is 600 g/mol. The number of terminal acetylenes is 1. The number of nitrogens with zero attached hydrogens (tertiary/aromatic N) is 1. The van der Waals surface area contributed by atoms with Gasteiger partial charge in [-0.1, -0.05) is 64.2 Å². The molecule has 0 N–H and O–H groups in total. The van der Waals surface area contributed by atoms with Gasteiger partial charge in [-0.3, -0.25) is 4.79 Å². The van der Waals surface area contributed by atoms with Gasteiger partial charge in [0, 0.05) is 17.8 Å². The van der Waals surface area contributed by atoms with Crippen molar-refractivity contribution >= 4 is 19.9 Å². The first kappa shape index (κ1) is 31.9. The number of ether oxygens (including phenoxy) is 1. The molecule has 4 fully saturated rings. The van der Waals surface area contributed by atoms with Gasteiger partial charge in [-0.2, -0.15) is 0 Å². The van der Waals surface area contributed by atoms with E-state index in [1.54, 1.807) is 7.11 Å². The van der Waals surface area contributed by atoms with E-state index >= 15 is 4.79 Å². The molecule has 0 atom stereocenters. The number of methoxy groups -OCH3 is 1. The Morgan fingerprint density at radius 2 is 1.60 bits per heavy atom. The van der Waals surface area contributed by atoms with Crippen molar-refractivity contribution in [2.45, 2.75) is 127 Å². The molecule has 43 heavy (non-hydrogen) atoms. The molecule has 5 heteroatoms. The minimum Gasteiger partial charge on any atom is -0.496 e. The molecule has 0 spiro atoms. The van der Waals surface area contributed by atoms with Gasteiger partial charge in [-0.25, -0.2) is 0 Å². The molecule has 4 aliphatic carbocycles. The van der Waals surface area contributed by atoms with E-state index in [-0.39, 0.29) is 21.8 Å². The van der Waals surface area contributed by atoms with Gasteiger partial charge in [0.1, 0.15) is 11.4 Å². The maximum atomic E-state index is 15.1. The van der Waals surface area contributed by atoms with Crippen LogP contribution in [-0.4, -0.2) is 33.5 Å². The topological polar surface area (TPSA) is 38.8 Å². The normalized spacial score (nSPS) is 25.2. The number of anilines is 1. The highest BCUT2D eigenvalue weighted by molar-refractivity contribution is 6.74. The molecule has 6 rings (SSSR count). The quantitative estimate of drug-likeness (QED) is 0.224. The van der Waals surface area contributed by atoms with Crippen LogP contribution in [0.3, 0.4) is 0 Å². The van der Waals surface area contributed by atoms with E-state index in [4.69, 9.17) is 15.6 Å². The molecule has 2 aromatic carbocycles. The monoisotopic (exact) mass is 599 g/mol. The molecule has 4 nitrogen and oxygen atoms in total. The number of hydrogen-bond acceptors (Lipinski definition) is 3. The maximum Gasteiger partial charge on any atom is 0.258 e. The van der Waals surface area contributed by atoms with Crippen LogP contribution in [0.2, 0.25) is 18.1 Å².